The summed E-state index contributed by atoms with van der Waals surface area (Å²) in [7, 11) is 0. The Labute approximate surface area is 139 Å². The Morgan fingerprint density at radius 2 is 1.91 bits per heavy atom. The summed E-state index contributed by atoms with van der Waals surface area (Å²) in [4.78, 5) is 11.9. The van der Waals surface area contributed by atoms with Crippen LogP contribution < -0.4 is 11.2 Å². The van der Waals surface area contributed by atoms with E-state index in [1.807, 2.05) is 36.4 Å². The summed E-state index contributed by atoms with van der Waals surface area (Å²) in [5.74, 6) is -0.485. The highest BCUT2D eigenvalue weighted by Crippen LogP contribution is 2.23. The zero-order valence-electron chi connectivity index (χ0n) is 12.2. The first-order valence-corrected chi connectivity index (χ1v) is 7.26. The van der Waals surface area contributed by atoms with Crippen LogP contribution in [0.15, 0.2) is 53.6 Å². The molecule has 0 spiro atoms. The van der Waals surface area contributed by atoms with Crippen LogP contribution in [0.5, 0.6) is 5.75 Å². The molecule has 0 aliphatic rings. The molecule has 0 aliphatic carbocycles. The molecule has 23 heavy (non-hydrogen) atoms. The van der Waals surface area contributed by atoms with Crippen molar-refractivity contribution in [3.63, 3.8) is 0 Å². The molecule has 0 bridgehead atoms. The number of nitrogens with one attached hydrogen (secondary N) is 1. The Morgan fingerprint density at radius 3 is 2.57 bits per heavy atom. The van der Waals surface area contributed by atoms with Crippen molar-refractivity contribution in [1.29, 1.82) is 0 Å². The average molecular weight is 330 g/mol. The van der Waals surface area contributed by atoms with E-state index in [1.165, 1.54) is 24.4 Å². The average Bonchev–Trinajstić information content (AvgIpc) is 2.56. The maximum Gasteiger partial charge on any atom is 0.271 e. The topological polar surface area (TPSA) is 87.7 Å². The van der Waals surface area contributed by atoms with E-state index in [1.54, 1.807) is 0 Å². The van der Waals surface area contributed by atoms with E-state index < -0.39 is 5.91 Å². The molecule has 2 aromatic carbocycles. The molecule has 1 amide bonds. The molecular weight excluding hydrogens is 314 g/mol. The number of hydrogen-bond acceptors (Lipinski definition) is 4. The lowest BCUT2D eigenvalue weighted by Gasteiger charge is -2.02. The largest absolute Gasteiger partial charge is 0.506 e. The quantitative estimate of drug-likeness (QED) is 0.582. The minimum absolute atomic E-state index is 0.0736. The standard InChI is InChI=1S/C17H16ClN3O2/c18-15-10-14(7-8-16(15)22)17(23)21-20-11-13-5-3-12(4-6-13)2-1-9-19/h1-8,10-11,22H,9,19H2,(H,21,23). The van der Waals surface area contributed by atoms with E-state index in [0.29, 0.717) is 12.1 Å². The molecule has 6 heteroatoms. The second kappa shape index (κ2) is 8.12. The first kappa shape index (κ1) is 16.7. The van der Waals surface area contributed by atoms with Gasteiger partial charge in [0.15, 0.2) is 0 Å². The van der Waals surface area contributed by atoms with Gasteiger partial charge in [-0.05, 0) is 29.3 Å². The number of nitrogens with zero attached hydrogens (tertiary/aromatic N) is 1. The fourth-order valence-electron chi connectivity index (χ4n) is 1.78. The summed E-state index contributed by atoms with van der Waals surface area (Å²) >= 11 is 5.76. The Balaban J connectivity index is 1.96. The van der Waals surface area contributed by atoms with E-state index in [4.69, 9.17) is 17.3 Å². The molecule has 0 saturated carbocycles. The highest BCUT2D eigenvalue weighted by atomic mass is 35.5. The Morgan fingerprint density at radius 1 is 1.22 bits per heavy atom. The van der Waals surface area contributed by atoms with Crippen LogP contribution in [0.25, 0.3) is 6.08 Å². The van der Waals surface area contributed by atoms with Crippen LogP contribution in [0.1, 0.15) is 21.5 Å². The van der Waals surface area contributed by atoms with Crippen molar-refractivity contribution < 1.29 is 9.90 Å². The van der Waals surface area contributed by atoms with Crippen LogP contribution >= 0.6 is 11.6 Å². The van der Waals surface area contributed by atoms with Crippen molar-refractivity contribution in [3.05, 3.63) is 70.3 Å². The number of aromatic hydroxyl groups is 1. The molecule has 0 heterocycles. The second-order valence-corrected chi connectivity index (χ2v) is 5.08. The van der Waals surface area contributed by atoms with Crippen LogP contribution in [0.2, 0.25) is 5.02 Å². The predicted molar refractivity (Wildman–Crippen MR) is 92.7 cm³/mol. The van der Waals surface area contributed by atoms with Gasteiger partial charge in [0, 0.05) is 12.1 Å². The Kier molecular flexibility index (Phi) is 5.91. The Bertz CT molecular complexity index is 740. The molecule has 2 rings (SSSR count). The smallest absolute Gasteiger partial charge is 0.271 e. The molecule has 5 nitrogen and oxygen atoms in total. The molecule has 0 aliphatic heterocycles. The first-order chi connectivity index (χ1) is 11.1. The number of hydrogen-bond donors (Lipinski definition) is 3. The van der Waals surface area contributed by atoms with Crippen molar-refractivity contribution in [1.82, 2.24) is 5.43 Å². The van der Waals surface area contributed by atoms with E-state index in [2.05, 4.69) is 10.5 Å². The van der Waals surface area contributed by atoms with Gasteiger partial charge in [-0.3, -0.25) is 4.79 Å². The number of nitrogens with two attached hydrogens (primary N) is 1. The lowest BCUT2D eigenvalue weighted by Crippen LogP contribution is -2.17. The molecule has 2 aromatic rings. The third kappa shape index (κ3) is 4.95. The Hall–Kier alpha value is -2.63. The number of halogens is 1. The fraction of sp³-hybridized carbons (Fsp3) is 0.0588. The minimum atomic E-state index is -0.411. The summed E-state index contributed by atoms with van der Waals surface area (Å²) in [5.41, 5.74) is 9.99. The zero-order chi connectivity index (χ0) is 16.7. The van der Waals surface area contributed by atoms with Crippen molar-refractivity contribution in [2.24, 2.45) is 10.8 Å². The van der Waals surface area contributed by atoms with Crippen LogP contribution in [0.3, 0.4) is 0 Å². The van der Waals surface area contributed by atoms with Crippen molar-refractivity contribution in [3.8, 4) is 5.75 Å². The van der Waals surface area contributed by atoms with Gasteiger partial charge in [0.2, 0.25) is 0 Å². The first-order valence-electron chi connectivity index (χ1n) is 6.89. The fourth-order valence-corrected chi connectivity index (χ4v) is 1.96. The van der Waals surface area contributed by atoms with Gasteiger partial charge in [0.1, 0.15) is 5.75 Å². The summed E-state index contributed by atoms with van der Waals surface area (Å²) in [5, 5.41) is 13.3. The van der Waals surface area contributed by atoms with Crippen molar-refractivity contribution >= 4 is 29.8 Å². The van der Waals surface area contributed by atoms with Gasteiger partial charge >= 0.3 is 0 Å². The number of carbonyl (C=O) groups is 1. The van der Waals surface area contributed by atoms with Crippen LogP contribution in [0.4, 0.5) is 0 Å². The number of rotatable bonds is 5. The number of benzene rings is 2. The number of hydrazone groups is 1. The maximum absolute atomic E-state index is 11.9. The molecule has 0 fully saturated rings. The predicted octanol–water partition coefficient (Wildman–Crippen LogP) is 2.78. The second-order valence-electron chi connectivity index (χ2n) is 4.67. The lowest BCUT2D eigenvalue weighted by molar-refractivity contribution is 0.0955. The van der Waals surface area contributed by atoms with E-state index in [-0.39, 0.29) is 10.8 Å². The summed E-state index contributed by atoms with van der Waals surface area (Å²) in [6.45, 7) is 0.497. The monoisotopic (exact) mass is 329 g/mol. The number of carbonyl (C=O) groups excluding carboxylic acids is 1. The summed E-state index contributed by atoms with van der Waals surface area (Å²) in [6, 6.07) is 11.8. The highest BCUT2D eigenvalue weighted by molar-refractivity contribution is 6.32. The van der Waals surface area contributed by atoms with Gasteiger partial charge in [-0.1, -0.05) is 48.0 Å². The minimum Gasteiger partial charge on any atom is -0.506 e. The highest BCUT2D eigenvalue weighted by Gasteiger charge is 2.07. The molecular formula is C17H16ClN3O2. The van der Waals surface area contributed by atoms with Gasteiger partial charge in [-0.25, -0.2) is 5.43 Å². The van der Waals surface area contributed by atoms with Crippen LogP contribution in [-0.2, 0) is 0 Å². The van der Waals surface area contributed by atoms with E-state index >= 15 is 0 Å². The van der Waals surface area contributed by atoms with Crippen LogP contribution in [-0.4, -0.2) is 23.8 Å². The summed E-state index contributed by atoms with van der Waals surface area (Å²) < 4.78 is 0. The van der Waals surface area contributed by atoms with Gasteiger partial charge in [0.05, 0.1) is 11.2 Å². The molecule has 0 atom stereocenters. The molecule has 0 unspecified atom stereocenters. The number of phenolic OH excluding ortho intramolecular Hbond substituents is 1. The summed E-state index contributed by atoms with van der Waals surface area (Å²) in [6.07, 6.45) is 5.33. The SMILES string of the molecule is NCC=Cc1ccc(C=NNC(=O)c2ccc(O)c(Cl)c2)cc1. The van der Waals surface area contributed by atoms with Crippen molar-refractivity contribution in [2.75, 3.05) is 6.54 Å². The molecule has 4 N–H and O–H groups in total. The molecule has 118 valence electrons. The van der Waals surface area contributed by atoms with Gasteiger partial charge in [-0.2, -0.15) is 5.10 Å². The van der Waals surface area contributed by atoms with Crippen molar-refractivity contribution in [2.45, 2.75) is 0 Å². The molecule has 0 saturated heterocycles. The zero-order valence-corrected chi connectivity index (χ0v) is 13.0. The van der Waals surface area contributed by atoms with Gasteiger partial charge in [-0.15, -0.1) is 0 Å². The third-order valence-electron chi connectivity index (χ3n) is 2.97. The lowest BCUT2D eigenvalue weighted by atomic mass is 10.1. The van der Waals surface area contributed by atoms with Gasteiger partial charge in [0.25, 0.3) is 5.91 Å². The third-order valence-corrected chi connectivity index (χ3v) is 3.28. The van der Waals surface area contributed by atoms with E-state index in [0.717, 1.165) is 11.1 Å². The number of phenols is 1. The normalized spacial score (nSPS) is 11.2. The van der Waals surface area contributed by atoms with Gasteiger partial charge < -0.3 is 10.8 Å². The van der Waals surface area contributed by atoms with E-state index in [9.17, 15) is 9.90 Å². The maximum atomic E-state index is 11.9. The number of amides is 1. The molecule has 0 aromatic heterocycles. The molecule has 0 radical (unpaired) electrons. The van der Waals surface area contributed by atoms with Crippen LogP contribution in [0, 0.1) is 0 Å².